The van der Waals surface area contributed by atoms with Crippen molar-refractivity contribution in [2.45, 2.75) is 40.0 Å². The summed E-state index contributed by atoms with van der Waals surface area (Å²) in [5.74, 6) is -0.833. The molecule has 1 radical (unpaired) electrons. The SMILES string of the molecule is CC(C)(C)C1CCCC2C(=O)[O][Al][O]C(=O)C21.O. The first-order valence-corrected chi connectivity index (χ1v) is 7.08. The lowest BCUT2D eigenvalue weighted by atomic mass is 9.62. The highest BCUT2D eigenvalue weighted by molar-refractivity contribution is 6.27. The Morgan fingerprint density at radius 2 is 1.72 bits per heavy atom. The van der Waals surface area contributed by atoms with E-state index in [0.717, 1.165) is 19.3 Å². The average molecular weight is 271 g/mol. The molecule has 1 heterocycles. The summed E-state index contributed by atoms with van der Waals surface area (Å²) in [5, 5.41) is 0. The Bertz CT molecular complexity index is 336. The van der Waals surface area contributed by atoms with Crippen molar-refractivity contribution in [1.82, 2.24) is 0 Å². The van der Waals surface area contributed by atoms with E-state index in [1.165, 1.54) is 0 Å². The van der Waals surface area contributed by atoms with Crippen molar-refractivity contribution in [3.8, 4) is 0 Å². The van der Waals surface area contributed by atoms with E-state index in [4.69, 9.17) is 7.58 Å². The maximum absolute atomic E-state index is 12.0. The molecule has 1 saturated heterocycles. The minimum atomic E-state index is -0.953. The molecule has 18 heavy (non-hydrogen) atoms. The lowest BCUT2D eigenvalue weighted by molar-refractivity contribution is -0.152. The highest BCUT2D eigenvalue weighted by atomic mass is 27.2. The lowest BCUT2D eigenvalue weighted by Gasteiger charge is -2.41. The molecule has 1 saturated carbocycles. The molecular weight excluding hydrogens is 251 g/mol. The molecule has 0 bridgehead atoms. The second kappa shape index (κ2) is 5.60. The summed E-state index contributed by atoms with van der Waals surface area (Å²) in [6.45, 7) is 6.36. The van der Waals surface area contributed by atoms with Crippen LogP contribution in [0, 0.1) is 23.2 Å². The van der Waals surface area contributed by atoms with Crippen LogP contribution < -0.4 is 0 Å². The molecule has 101 valence electrons. The van der Waals surface area contributed by atoms with Gasteiger partial charge in [-0.05, 0) is 24.2 Å². The van der Waals surface area contributed by atoms with Gasteiger partial charge in [0.2, 0.25) is 0 Å². The predicted octanol–water partition coefficient (Wildman–Crippen LogP) is 0.874. The van der Waals surface area contributed by atoms with Gasteiger partial charge in [-0.2, -0.15) is 0 Å². The molecule has 5 nitrogen and oxygen atoms in total. The molecule has 2 N–H and O–H groups in total. The van der Waals surface area contributed by atoms with Crippen molar-refractivity contribution in [1.29, 1.82) is 0 Å². The van der Waals surface area contributed by atoms with Gasteiger partial charge in [0.25, 0.3) is 11.9 Å². The second-order valence-electron chi connectivity index (χ2n) is 6.01. The summed E-state index contributed by atoms with van der Waals surface area (Å²) in [6.07, 6.45) is 2.73. The van der Waals surface area contributed by atoms with E-state index in [2.05, 4.69) is 20.8 Å². The van der Waals surface area contributed by atoms with Crippen LogP contribution in [-0.2, 0) is 17.2 Å². The maximum Gasteiger partial charge on any atom is 0.885 e. The first-order valence-electron chi connectivity index (χ1n) is 6.14. The van der Waals surface area contributed by atoms with Crippen molar-refractivity contribution in [3.05, 3.63) is 0 Å². The summed E-state index contributed by atoms with van der Waals surface area (Å²) in [6, 6.07) is 0. The number of carbonyl (C=O) groups excluding carboxylic acids is 2. The summed E-state index contributed by atoms with van der Waals surface area (Å²) < 4.78 is 10.1. The molecule has 0 aromatic carbocycles. The van der Waals surface area contributed by atoms with Gasteiger partial charge in [-0.25, -0.2) is 0 Å². The average Bonchev–Trinajstić information content (AvgIpc) is 2.39. The fraction of sp³-hybridized carbons (Fsp3) is 0.833. The van der Waals surface area contributed by atoms with Crippen LogP contribution in [0.4, 0.5) is 0 Å². The van der Waals surface area contributed by atoms with Gasteiger partial charge in [0.05, 0.1) is 11.8 Å². The quantitative estimate of drug-likeness (QED) is 0.612. The molecule has 3 unspecified atom stereocenters. The van der Waals surface area contributed by atoms with Crippen molar-refractivity contribution in [2.24, 2.45) is 23.2 Å². The van der Waals surface area contributed by atoms with Crippen molar-refractivity contribution < 1.29 is 22.6 Å². The Balaban J connectivity index is 0.00000162. The highest BCUT2D eigenvalue weighted by Crippen LogP contribution is 2.45. The molecule has 2 fully saturated rings. The minimum absolute atomic E-state index is 0. The molecule has 1 aliphatic carbocycles. The number of rotatable bonds is 0. The van der Waals surface area contributed by atoms with E-state index < -0.39 is 15.9 Å². The van der Waals surface area contributed by atoms with Gasteiger partial charge in [0.15, 0.2) is 0 Å². The molecule has 3 atom stereocenters. The third-order valence-corrected chi connectivity index (χ3v) is 4.57. The van der Waals surface area contributed by atoms with Gasteiger partial charge in [-0.1, -0.05) is 27.2 Å². The second-order valence-corrected chi connectivity index (χ2v) is 6.67. The highest BCUT2D eigenvalue weighted by Gasteiger charge is 2.49. The normalized spacial score (nSPS) is 32.1. The summed E-state index contributed by atoms with van der Waals surface area (Å²) in [7, 11) is 0. The van der Waals surface area contributed by atoms with Crippen LogP contribution in [0.2, 0.25) is 0 Å². The number of hydrogen-bond donors (Lipinski definition) is 0. The first-order chi connectivity index (χ1) is 7.91. The zero-order chi connectivity index (χ0) is 12.6. The summed E-state index contributed by atoms with van der Waals surface area (Å²) in [5.41, 5.74) is 0.0162. The Morgan fingerprint density at radius 1 is 1.11 bits per heavy atom. The van der Waals surface area contributed by atoms with Gasteiger partial charge in [-0.15, -0.1) is 0 Å². The van der Waals surface area contributed by atoms with E-state index in [-0.39, 0.29) is 40.6 Å². The van der Waals surface area contributed by atoms with Crippen LogP contribution in [0.3, 0.4) is 0 Å². The number of hydrogen-bond acceptors (Lipinski definition) is 4. The Hall–Kier alpha value is -0.568. The fourth-order valence-electron chi connectivity index (χ4n) is 3.05. The van der Waals surface area contributed by atoms with Gasteiger partial charge in [0, 0.05) is 0 Å². The minimum Gasteiger partial charge on any atom is -0.589 e. The van der Waals surface area contributed by atoms with E-state index >= 15 is 0 Å². The van der Waals surface area contributed by atoms with Crippen LogP contribution in [0.25, 0.3) is 0 Å². The van der Waals surface area contributed by atoms with Gasteiger partial charge in [-0.3, -0.25) is 9.59 Å². The summed E-state index contributed by atoms with van der Waals surface area (Å²) in [4.78, 5) is 23.9. The third-order valence-electron chi connectivity index (χ3n) is 3.91. The van der Waals surface area contributed by atoms with Gasteiger partial charge < -0.3 is 13.1 Å². The molecule has 2 rings (SSSR count). The smallest absolute Gasteiger partial charge is 0.589 e. The molecule has 0 amide bonds. The monoisotopic (exact) mass is 271 g/mol. The largest absolute Gasteiger partial charge is 0.885 e. The Morgan fingerprint density at radius 3 is 2.33 bits per heavy atom. The van der Waals surface area contributed by atoms with Gasteiger partial charge in [0.1, 0.15) is 0 Å². The lowest BCUT2D eigenvalue weighted by Crippen LogP contribution is -2.43. The van der Waals surface area contributed by atoms with Gasteiger partial charge >= 0.3 is 15.9 Å². The van der Waals surface area contributed by atoms with E-state index in [0.29, 0.717) is 0 Å². The van der Waals surface area contributed by atoms with Crippen LogP contribution in [-0.4, -0.2) is 33.3 Å². The number of carbonyl (C=O) groups is 2. The van der Waals surface area contributed by atoms with E-state index in [1.54, 1.807) is 0 Å². The topological polar surface area (TPSA) is 84.1 Å². The third kappa shape index (κ3) is 2.88. The predicted molar refractivity (Wildman–Crippen MR) is 65.3 cm³/mol. The van der Waals surface area contributed by atoms with Crippen molar-refractivity contribution in [3.63, 3.8) is 0 Å². The standard InChI is InChI=1S/C12H20O4.Al.H2O/c1-12(2,3)8-6-4-5-7(10(13)14)9(8)11(15)16;;/h7-9H,4-6H2,1-3H3,(H,13,14)(H,15,16);;1H2/q;+2;/p-2. The van der Waals surface area contributed by atoms with Crippen LogP contribution >= 0.6 is 0 Å². The maximum atomic E-state index is 12.0. The Kier molecular flexibility index (Phi) is 4.82. The molecular formula is C12H20AlO5. The Labute approximate surface area is 114 Å². The molecule has 2 aliphatic rings. The van der Waals surface area contributed by atoms with Crippen molar-refractivity contribution in [2.75, 3.05) is 0 Å². The molecule has 6 heteroatoms. The zero-order valence-electron chi connectivity index (χ0n) is 11.1. The van der Waals surface area contributed by atoms with Crippen LogP contribution in [0.5, 0.6) is 0 Å². The summed E-state index contributed by atoms with van der Waals surface area (Å²) >= 11 is -0.953. The molecule has 0 aromatic rings. The zero-order valence-corrected chi connectivity index (χ0v) is 12.2. The molecule has 1 aliphatic heterocycles. The fourth-order valence-corrected chi connectivity index (χ4v) is 3.62. The van der Waals surface area contributed by atoms with Crippen LogP contribution in [0.15, 0.2) is 0 Å². The van der Waals surface area contributed by atoms with Crippen molar-refractivity contribution >= 4 is 27.8 Å². The number of fused-ring (bicyclic) bond motifs is 1. The van der Waals surface area contributed by atoms with Crippen LogP contribution in [0.1, 0.15) is 40.0 Å². The van der Waals surface area contributed by atoms with E-state index in [1.807, 2.05) is 0 Å². The first kappa shape index (κ1) is 15.5. The van der Waals surface area contributed by atoms with E-state index in [9.17, 15) is 9.59 Å². The molecule has 0 aromatic heterocycles. The molecule has 0 spiro atoms.